The average molecular weight is 201 g/mol. The van der Waals surface area contributed by atoms with Crippen LogP contribution in [0.3, 0.4) is 0 Å². The zero-order valence-corrected chi connectivity index (χ0v) is 9.00. The van der Waals surface area contributed by atoms with E-state index in [9.17, 15) is 4.79 Å². The van der Waals surface area contributed by atoms with Gasteiger partial charge in [-0.3, -0.25) is 4.79 Å². The van der Waals surface area contributed by atoms with Crippen LogP contribution in [0, 0.1) is 0 Å². The summed E-state index contributed by atoms with van der Waals surface area (Å²) in [4.78, 5) is 11.3. The van der Waals surface area contributed by atoms with E-state index in [1.54, 1.807) is 0 Å². The lowest BCUT2D eigenvalue weighted by molar-refractivity contribution is -0.121. The highest BCUT2D eigenvalue weighted by Crippen LogP contribution is 2.10. The zero-order chi connectivity index (χ0) is 11.2. The zero-order valence-electron chi connectivity index (χ0n) is 9.00. The Hall–Kier alpha value is -1.26. The normalized spacial score (nSPS) is 12.6. The van der Waals surface area contributed by atoms with Crippen LogP contribution in [-0.4, -0.2) is 22.5 Å². The molecular formula is C9H19N3O2. The molecule has 0 heterocycles. The first kappa shape index (κ1) is 12.7. The molecule has 5 heteroatoms. The Labute approximate surface area is 84.4 Å². The van der Waals surface area contributed by atoms with E-state index in [0.29, 0.717) is 0 Å². The van der Waals surface area contributed by atoms with Crippen LogP contribution in [0.5, 0.6) is 0 Å². The van der Waals surface area contributed by atoms with Crippen molar-refractivity contribution >= 4 is 11.7 Å². The maximum absolute atomic E-state index is 11.3. The van der Waals surface area contributed by atoms with Crippen LogP contribution in [0.1, 0.15) is 40.0 Å². The molecule has 0 radical (unpaired) electrons. The molecule has 0 fully saturated rings. The number of hydrogen-bond donors (Lipinski definition) is 3. The Morgan fingerprint density at radius 2 is 2.14 bits per heavy atom. The third-order valence-corrected chi connectivity index (χ3v) is 1.82. The molecule has 0 aliphatic rings. The van der Waals surface area contributed by atoms with Gasteiger partial charge in [0.2, 0.25) is 5.91 Å². The predicted molar refractivity (Wildman–Crippen MR) is 55.2 cm³/mol. The minimum Gasteiger partial charge on any atom is -0.409 e. The summed E-state index contributed by atoms with van der Waals surface area (Å²) in [5, 5.41) is 13.8. The van der Waals surface area contributed by atoms with E-state index in [4.69, 9.17) is 10.9 Å². The number of amidine groups is 1. The molecule has 0 spiro atoms. The quantitative estimate of drug-likeness (QED) is 0.266. The number of amides is 1. The number of nitrogens with two attached hydrogens (primary N) is 1. The fourth-order valence-corrected chi connectivity index (χ4v) is 1.31. The van der Waals surface area contributed by atoms with Crippen molar-refractivity contribution in [2.24, 2.45) is 10.9 Å². The van der Waals surface area contributed by atoms with Gasteiger partial charge in [0, 0.05) is 5.54 Å². The summed E-state index contributed by atoms with van der Waals surface area (Å²) in [6.07, 6.45) is 1.83. The van der Waals surface area contributed by atoms with Gasteiger partial charge in [0.15, 0.2) is 0 Å². The molecule has 0 atom stereocenters. The number of rotatable bonds is 5. The van der Waals surface area contributed by atoms with Gasteiger partial charge in [-0.1, -0.05) is 18.5 Å². The summed E-state index contributed by atoms with van der Waals surface area (Å²) in [6, 6.07) is 0. The number of oxime groups is 1. The van der Waals surface area contributed by atoms with E-state index in [-0.39, 0.29) is 23.7 Å². The highest BCUT2D eigenvalue weighted by Gasteiger charge is 2.19. The first-order chi connectivity index (χ1) is 6.41. The van der Waals surface area contributed by atoms with Gasteiger partial charge in [0.05, 0.1) is 6.42 Å². The van der Waals surface area contributed by atoms with Crippen molar-refractivity contribution in [1.29, 1.82) is 0 Å². The van der Waals surface area contributed by atoms with E-state index >= 15 is 0 Å². The van der Waals surface area contributed by atoms with Crippen LogP contribution in [-0.2, 0) is 4.79 Å². The van der Waals surface area contributed by atoms with Gasteiger partial charge in [-0.25, -0.2) is 0 Å². The van der Waals surface area contributed by atoms with Gasteiger partial charge in [-0.15, -0.1) is 0 Å². The Kier molecular flexibility index (Phi) is 4.97. The van der Waals surface area contributed by atoms with Crippen molar-refractivity contribution in [2.45, 2.75) is 45.6 Å². The fourth-order valence-electron chi connectivity index (χ4n) is 1.31. The number of carbonyl (C=O) groups excluding carboxylic acids is 1. The van der Waals surface area contributed by atoms with Crippen LogP contribution < -0.4 is 11.1 Å². The number of hydrogen-bond acceptors (Lipinski definition) is 3. The van der Waals surface area contributed by atoms with Gasteiger partial charge < -0.3 is 16.3 Å². The van der Waals surface area contributed by atoms with Crippen LogP contribution in [0.15, 0.2) is 5.16 Å². The van der Waals surface area contributed by atoms with Crippen LogP contribution in [0.2, 0.25) is 0 Å². The first-order valence-corrected chi connectivity index (χ1v) is 4.68. The molecule has 0 saturated heterocycles. The Morgan fingerprint density at radius 3 is 2.57 bits per heavy atom. The van der Waals surface area contributed by atoms with Gasteiger partial charge in [0.25, 0.3) is 0 Å². The molecule has 0 unspecified atom stereocenters. The summed E-state index contributed by atoms with van der Waals surface area (Å²) in [5.74, 6) is -0.298. The first-order valence-electron chi connectivity index (χ1n) is 4.68. The van der Waals surface area contributed by atoms with Gasteiger partial charge >= 0.3 is 0 Å². The minimum atomic E-state index is -0.235. The molecule has 0 aromatic rings. The van der Waals surface area contributed by atoms with Crippen LogP contribution in [0.25, 0.3) is 0 Å². The Morgan fingerprint density at radius 1 is 1.57 bits per heavy atom. The summed E-state index contributed by atoms with van der Waals surface area (Å²) in [7, 11) is 0. The van der Waals surface area contributed by atoms with Crippen molar-refractivity contribution in [1.82, 2.24) is 5.32 Å². The molecule has 0 rings (SSSR count). The molecule has 5 nitrogen and oxygen atoms in total. The van der Waals surface area contributed by atoms with Crippen LogP contribution >= 0.6 is 0 Å². The lowest BCUT2D eigenvalue weighted by Crippen LogP contribution is -2.44. The van der Waals surface area contributed by atoms with E-state index in [1.807, 2.05) is 13.8 Å². The van der Waals surface area contributed by atoms with Crippen molar-refractivity contribution < 1.29 is 10.0 Å². The second-order valence-electron chi connectivity index (χ2n) is 3.95. The smallest absolute Gasteiger partial charge is 0.228 e. The second kappa shape index (κ2) is 5.47. The number of nitrogens with zero attached hydrogens (tertiary/aromatic N) is 1. The third kappa shape index (κ3) is 5.40. The van der Waals surface area contributed by atoms with Crippen molar-refractivity contribution in [3.63, 3.8) is 0 Å². The lowest BCUT2D eigenvalue weighted by Gasteiger charge is -2.25. The monoisotopic (exact) mass is 201 g/mol. The van der Waals surface area contributed by atoms with Crippen molar-refractivity contribution in [3.05, 3.63) is 0 Å². The molecule has 1 amide bonds. The maximum Gasteiger partial charge on any atom is 0.228 e. The SMILES string of the molecule is CCCC(C)(C)NC(=O)CC(N)=NO. The molecule has 0 aliphatic carbocycles. The molecule has 0 aromatic carbocycles. The van der Waals surface area contributed by atoms with Crippen molar-refractivity contribution in [3.8, 4) is 0 Å². The maximum atomic E-state index is 11.3. The molecule has 0 aromatic heterocycles. The molecule has 0 aliphatic heterocycles. The summed E-state index contributed by atoms with van der Waals surface area (Å²) in [6.45, 7) is 5.94. The highest BCUT2D eigenvalue weighted by molar-refractivity contribution is 5.98. The summed E-state index contributed by atoms with van der Waals surface area (Å²) in [5.41, 5.74) is 4.97. The van der Waals surface area contributed by atoms with Crippen molar-refractivity contribution in [2.75, 3.05) is 0 Å². The Balaban J connectivity index is 4.05. The Bertz CT molecular complexity index is 224. The number of carbonyl (C=O) groups is 1. The lowest BCUT2D eigenvalue weighted by atomic mass is 9.99. The molecule has 82 valence electrons. The topological polar surface area (TPSA) is 87.7 Å². The molecule has 14 heavy (non-hydrogen) atoms. The predicted octanol–water partition coefficient (Wildman–Crippen LogP) is 0.818. The summed E-state index contributed by atoms with van der Waals surface area (Å²) < 4.78 is 0. The average Bonchev–Trinajstić information content (AvgIpc) is 2.02. The largest absolute Gasteiger partial charge is 0.409 e. The molecular weight excluding hydrogens is 182 g/mol. The number of nitrogens with one attached hydrogen (secondary N) is 1. The van der Waals surface area contributed by atoms with Gasteiger partial charge in [-0.05, 0) is 20.3 Å². The summed E-state index contributed by atoms with van der Waals surface area (Å²) >= 11 is 0. The fraction of sp³-hybridized carbons (Fsp3) is 0.778. The van der Waals surface area contributed by atoms with E-state index < -0.39 is 0 Å². The standard InChI is InChI=1S/C9H19N3O2/c1-4-5-9(2,3)11-8(13)6-7(10)12-14/h14H,4-6H2,1-3H3,(H2,10,12)(H,11,13). The van der Waals surface area contributed by atoms with Gasteiger partial charge in [-0.2, -0.15) is 0 Å². The van der Waals surface area contributed by atoms with Crippen LogP contribution in [0.4, 0.5) is 0 Å². The molecule has 0 saturated carbocycles. The van der Waals surface area contributed by atoms with E-state index in [0.717, 1.165) is 12.8 Å². The highest BCUT2D eigenvalue weighted by atomic mass is 16.4. The second-order valence-corrected chi connectivity index (χ2v) is 3.95. The van der Waals surface area contributed by atoms with E-state index in [2.05, 4.69) is 17.4 Å². The van der Waals surface area contributed by atoms with E-state index in [1.165, 1.54) is 0 Å². The molecule has 0 bridgehead atoms. The third-order valence-electron chi connectivity index (χ3n) is 1.82. The molecule has 4 N–H and O–H groups in total. The van der Waals surface area contributed by atoms with Gasteiger partial charge in [0.1, 0.15) is 5.84 Å². The minimum absolute atomic E-state index is 0.0658.